The first kappa shape index (κ1) is 11.1. The van der Waals surface area contributed by atoms with Crippen LogP contribution in [0.25, 0.3) is 0 Å². The van der Waals surface area contributed by atoms with Crippen molar-refractivity contribution in [3.8, 4) is 6.19 Å². The van der Waals surface area contributed by atoms with E-state index in [4.69, 9.17) is 5.26 Å². The number of ether oxygens (including phenoxy) is 1. The molecule has 4 heteroatoms. The second kappa shape index (κ2) is 5.01. The standard InChI is InChI=1S/C11H12N2O2/c1-9-4-3-5-10(6-9)13(8-12)7-11(14)15-2/h3-6H,7H2,1-2H3. The number of esters is 1. The van der Waals surface area contributed by atoms with Crippen LogP contribution in [0.1, 0.15) is 5.56 Å². The van der Waals surface area contributed by atoms with E-state index in [-0.39, 0.29) is 6.54 Å². The van der Waals surface area contributed by atoms with Gasteiger partial charge in [0.2, 0.25) is 0 Å². The summed E-state index contributed by atoms with van der Waals surface area (Å²) in [5.74, 6) is -0.432. The van der Waals surface area contributed by atoms with Crippen LogP contribution in [0.3, 0.4) is 0 Å². The Kier molecular flexibility index (Phi) is 3.69. The van der Waals surface area contributed by atoms with Gasteiger partial charge >= 0.3 is 5.97 Å². The molecule has 0 radical (unpaired) electrons. The molecular formula is C11H12N2O2. The molecule has 0 bridgehead atoms. The van der Waals surface area contributed by atoms with Gasteiger partial charge in [-0.1, -0.05) is 12.1 Å². The van der Waals surface area contributed by atoms with Crippen LogP contribution in [-0.4, -0.2) is 19.6 Å². The van der Waals surface area contributed by atoms with Crippen LogP contribution in [-0.2, 0) is 9.53 Å². The summed E-state index contributed by atoms with van der Waals surface area (Å²) in [4.78, 5) is 12.3. The van der Waals surface area contributed by atoms with Crippen LogP contribution in [0.2, 0.25) is 0 Å². The summed E-state index contributed by atoms with van der Waals surface area (Å²) < 4.78 is 4.50. The lowest BCUT2D eigenvalue weighted by molar-refractivity contribution is -0.138. The monoisotopic (exact) mass is 204 g/mol. The minimum absolute atomic E-state index is 0.0591. The molecule has 1 rings (SSSR count). The molecule has 0 atom stereocenters. The zero-order valence-electron chi connectivity index (χ0n) is 8.73. The highest BCUT2D eigenvalue weighted by atomic mass is 16.5. The van der Waals surface area contributed by atoms with Gasteiger partial charge in [0.05, 0.1) is 12.8 Å². The van der Waals surface area contributed by atoms with Crippen LogP contribution in [0.5, 0.6) is 0 Å². The highest BCUT2D eigenvalue weighted by Crippen LogP contribution is 2.14. The van der Waals surface area contributed by atoms with Crippen LogP contribution >= 0.6 is 0 Å². The molecule has 1 aromatic rings. The predicted octanol–water partition coefficient (Wildman–Crippen LogP) is 1.46. The van der Waals surface area contributed by atoms with Crippen molar-refractivity contribution in [1.82, 2.24) is 0 Å². The van der Waals surface area contributed by atoms with E-state index in [2.05, 4.69) is 4.74 Å². The number of rotatable bonds is 3. The number of hydrogen-bond acceptors (Lipinski definition) is 4. The van der Waals surface area contributed by atoms with E-state index in [1.165, 1.54) is 12.0 Å². The Balaban J connectivity index is 2.84. The lowest BCUT2D eigenvalue weighted by Crippen LogP contribution is -2.25. The summed E-state index contributed by atoms with van der Waals surface area (Å²) in [5, 5.41) is 8.88. The molecule has 4 nitrogen and oxygen atoms in total. The van der Waals surface area contributed by atoms with Crippen molar-refractivity contribution in [1.29, 1.82) is 5.26 Å². The smallest absolute Gasteiger partial charge is 0.326 e. The molecular weight excluding hydrogens is 192 g/mol. The minimum atomic E-state index is -0.432. The third-order valence-corrected chi connectivity index (χ3v) is 1.95. The van der Waals surface area contributed by atoms with Crippen LogP contribution in [0, 0.1) is 18.4 Å². The fourth-order valence-corrected chi connectivity index (χ4v) is 1.17. The van der Waals surface area contributed by atoms with Gasteiger partial charge in [0.15, 0.2) is 6.19 Å². The molecule has 0 saturated carbocycles. The van der Waals surface area contributed by atoms with E-state index in [9.17, 15) is 4.79 Å². The van der Waals surface area contributed by atoms with Crippen molar-refractivity contribution in [3.05, 3.63) is 29.8 Å². The number of carbonyl (C=O) groups excluding carboxylic acids is 1. The van der Waals surface area contributed by atoms with E-state index >= 15 is 0 Å². The number of anilines is 1. The maximum atomic E-state index is 11.0. The molecule has 0 fully saturated rings. The van der Waals surface area contributed by atoms with Crippen molar-refractivity contribution >= 4 is 11.7 Å². The molecule has 1 aromatic carbocycles. The van der Waals surface area contributed by atoms with Crippen molar-refractivity contribution < 1.29 is 9.53 Å². The van der Waals surface area contributed by atoms with Crippen molar-refractivity contribution in [2.24, 2.45) is 0 Å². The lowest BCUT2D eigenvalue weighted by atomic mass is 10.2. The van der Waals surface area contributed by atoms with Crippen molar-refractivity contribution in [3.63, 3.8) is 0 Å². The predicted molar refractivity (Wildman–Crippen MR) is 56.2 cm³/mol. The number of carbonyl (C=O) groups is 1. The Bertz CT molecular complexity index is 396. The third kappa shape index (κ3) is 2.99. The third-order valence-electron chi connectivity index (χ3n) is 1.95. The second-order valence-electron chi connectivity index (χ2n) is 3.10. The average Bonchev–Trinajstić information content (AvgIpc) is 2.25. The highest BCUT2D eigenvalue weighted by molar-refractivity contribution is 5.76. The summed E-state index contributed by atoms with van der Waals surface area (Å²) >= 11 is 0. The molecule has 0 aromatic heterocycles. The van der Waals surface area contributed by atoms with Gasteiger partial charge in [-0.2, -0.15) is 5.26 Å². The maximum absolute atomic E-state index is 11.0. The van der Waals surface area contributed by atoms with Gasteiger partial charge in [-0.15, -0.1) is 0 Å². The topological polar surface area (TPSA) is 53.3 Å². The summed E-state index contributed by atoms with van der Waals surface area (Å²) in [6.45, 7) is 1.87. The van der Waals surface area contributed by atoms with Gasteiger partial charge in [0.25, 0.3) is 0 Å². The van der Waals surface area contributed by atoms with Gasteiger partial charge in [-0.05, 0) is 24.6 Å². The molecule has 0 spiro atoms. The Morgan fingerprint density at radius 1 is 1.60 bits per heavy atom. The van der Waals surface area contributed by atoms with E-state index in [0.717, 1.165) is 5.56 Å². The van der Waals surface area contributed by atoms with Crippen LogP contribution in [0.4, 0.5) is 5.69 Å². The van der Waals surface area contributed by atoms with Crippen molar-refractivity contribution in [2.45, 2.75) is 6.92 Å². The van der Waals surface area contributed by atoms with Gasteiger partial charge < -0.3 is 4.74 Å². The molecule has 0 saturated heterocycles. The first-order chi connectivity index (χ1) is 7.17. The number of nitriles is 1. The minimum Gasteiger partial charge on any atom is -0.468 e. The normalized spacial score (nSPS) is 9.13. The first-order valence-electron chi connectivity index (χ1n) is 4.48. The maximum Gasteiger partial charge on any atom is 0.326 e. The Hall–Kier alpha value is -2.02. The molecule has 78 valence electrons. The second-order valence-corrected chi connectivity index (χ2v) is 3.10. The van der Waals surface area contributed by atoms with E-state index in [1.54, 1.807) is 6.07 Å². The summed E-state index contributed by atoms with van der Waals surface area (Å²) in [7, 11) is 1.30. The molecule has 0 aliphatic rings. The molecule has 15 heavy (non-hydrogen) atoms. The number of aryl methyl sites for hydroxylation is 1. The number of methoxy groups -OCH3 is 1. The SMILES string of the molecule is COC(=O)CN(C#N)c1cccc(C)c1. The Morgan fingerprint density at radius 3 is 2.87 bits per heavy atom. The van der Waals surface area contributed by atoms with Gasteiger partial charge in [0.1, 0.15) is 6.54 Å². The fraction of sp³-hybridized carbons (Fsp3) is 0.273. The first-order valence-corrected chi connectivity index (χ1v) is 4.48. The molecule has 0 unspecified atom stereocenters. The molecule has 0 aliphatic carbocycles. The average molecular weight is 204 g/mol. The fourth-order valence-electron chi connectivity index (χ4n) is 1.17. The summed E-state index contributed by atoms with van der Waals surface area (Å²) in [6.07, 6.45) is 1.94. The summed E-state index contributed by atoms with van der Waals surface area (Å²) in [5.41, 5.74) is 1.74. The van der Waals surface area contributed by atoms with Gasteiger partial charge in [-0.3, -0.25) is 9.69 Å². The molecule has 0 heterocycles. The lowest BCUT2D eigenvalue weighted by Gasteiger charge is -2.14. The highest BCUT2D eigenvalue weighted by Gasteiger charge is 2.10. The van der Waals surface area contributed by atoms with Gasteiger partial charge in [0, 0.05) is 0 Å². The number of hydrogen-bond donors (Lipinski definition) is 0. The molecule has 0 amide bonds. The zero-order valence-corrected chi connectivity index (χ0v) is 8.73. The van der Waals surface area contributed by atoms with E-state index < -0.39 is 5.97 Å². The molecule has 0 N–H and O–H groups in total. The zero-order chi connectivity index (χ0) is 11.3. The Morgan fingerprint density at radius 2 is 2.33 bits per heavy atom. The molecule has 0 aliphatic heterocycles. The number of benzene rings is 1. The number of nitrogens with zero attached hydrogens (tertiary/aromatic N) is 2. The van der Waals surface area contributed by atoms with E-state index in [0.29, 0.717) is 5.69 Å². The largest absolute Gasteiger partial charge is 0.468 e. The van der Waals surface area contributed by atoms with Crippen LogP contribution in [0.15, 0.2) is 24.3 Å². The summed E-state index contributed by atoms with van der Waals surface area (Å²) in [6, 6.07) is 7.38. The van der Waals surface area contributed by atoms with Crippen LogP contribution < -0.4 is 4.90 Å². The van der Waals surface area contributed by atoms with Gasteiger partial charge in [-0.25, -0.2) is 0 Å². The Labute approximate surface area is 88.7 Å². The van der Waals surface area contributed by atoms with E-state index in [1.807, 2.05) is 31.3 Å². The van der Waals surface area contributed by atoms with Crippen molar-refractivity contribution in [2.75, 3.05) is 18.6 Å². The quantitative estimate of drug-likeness (QED) is 0.425.